The van der Waals surface area contributed by atoms with Crippen molar-refractivity contribution in [2.45, 2.75) is 38.3 Å². The van der Waals surface area contributed by atoms with Gasteiger partial charge < -0.3 is 19.5 Å². The average Bonchev–Trinajstić information content (AvgIpc) is 3.31. The Labute approximate surface area is 156 Å². The maximum atomic E-state index is 12.4. The first-order chi connectivity index (χ1) is 12.7. The lowest BCUT2D eigenvalue weighted by Gasteiger charge is -2.13. The zero-order valence-electron chi connectivity index (χ0n) is 14.2. The van der Waals surface area contributed by atoms with Gasteiger partial charge >= 0.3 is 0 Å². The van der Waals surface area contributed by atoms with E-state index in [0.717, 1.165) is 18.4 Å². The van der Waals surface area contributed by atoms with Crippen LogP contribution >= 0.6 is 11.6 Å². The number of benzene rings is 1. The molecule has 1 aliphatic heterocycles. The molecule has 0 atom stereocenters. The highest BCUT2D eigenvalue weighted by molar-refractivity contribution is 6.32. The summed E-state index contributed by atoms with van der Waals surface area (Å²) in [4.78, 5) is 16.7. The van der Waals surface area contributed by atoms with Crippen molar-refractivity contribution < 1.29 is 19.0 Å². The van der Waals surface area contributed by atoms with Crippen molar-refractivity contribution in [2.75, 3.05) is 6.79 Å². The number of carbonyl (C=O) groups excluding carboxylic acids is 1. The molecular formula is C19H19ClN2O4. The Morgan fingerprint density at radius 2 is 2.12 bits per heavy atom. The molecule has 1 aromatic heterocycles. The minimum atomic E-state index is -0.236. The molecule has 26 heavy (non-hydrogen) atoms. The largest absolute Gasteiger partial charge is 0.474 e. The fourth-order valence-corrected chi connectivity index (χ4v) is 3.45. The van der Waals surface area contributed by atoms with Gasteiger partial charge in [0.25, 0.3) is 5.91 Å². The van der Waals surface area contributed by atoms with Crippen LogP contribution in [-0.2, 0) is 6.54 Å². The number of nitrogens with one attached hydrogen (secondary N) is 1. The molecule has 0 unspecified atom stereocenters. The lowest BCUT2D eigenvalue weighted by Crippen LogP contribution is -2.23. The van der Waals surface area contributed by atoms with Crippen LogP contribution in [0.1, 0.15) is 41.6 Å². The summed E-state index contributed by atoms with van der Waals surface area (Å²) in [7, 11) is 0. The van der Waals surface area contributed by atoms with Gasteiger partial charge in [-0.05, 0) is 49.4 Å². The van der Waals surface area contributed by atoms with Gasteiger partial charge in [-0.1, -0.05) is 11.6 Å². The third kappa shape index (κ3) is 3.70. The average molecular weight is 375 g/mol. The van der Waals surface area contributed by atoms with Crippen molar-refractivity contribution in [3.63, 3.8) is 0 Å². The molecule has 2 aromatic rings. The third-order valence-electron chi connectivity index (χ3n) is 4.53. The molecule has 1 saturated carbocycles. The zero-order valence-corrected chi connectivity index (χ0v) is 14.9. The first kappa shape index (κ1) is 17.0. The number of hydrogen-bond acceptors (Lipinski definition) is 5. The standard InChI is InChI=1S/C19H19ClN2O4/c20-15-8-13(9-16-18(15)25-11-24-16)19(23)22-10-12-5-6-21-17(7-12)26-14-3-1-2-4-14/h5-9,14H,1-4,10-11H2,(H,22,23). The summed E-state index contributed by atoms with van der Waals surface area (Å²) in [6, 6.07) is 6.93. The van der Waals surface area contributed by atoms with E-state index in [2.05, 4.69) is 10.3 Å². The predicted octanol–water partition coefficient (Wildman–Crippen LogP) is 3.72. The Bertz CT molecular complexity index is 821. The Morgan fingerprint density at radius 3 is 2.96 bits per heavy atom. The van der Waals surface area contributed by atoms with E-state index in [1.54, 1.807) is 18.3 Å². The fourth-order valence-electron chi connectivity index (χ4n) is 3.18. The number of nitrogens with zero attached hydrogens (tertiary/aromatic N) is 1. The molecule has 2 heterocycles. The summed E-state index contributed by atoms with van der Waals surface area (Å²) in [5, 5.41) is 3.24. The van der Waals surface area contributed by atoms with Crippen LogP contribution in [0.15, 0.2) is 30.5 Å². The molecular weight excluding hydrogens is 356 g/mol. The second-order valence-corrected chi connectivity index (χ2v) is 6.81. The van der Waals surface area contributed by atoms with Crippen molar-refractivity contribution in [1.82, 2.24) is 10.3 Å². The van der Waals surface area contributed by atoms with Gasteiger partial charge in [-0.25, -0.2) is 4.98 Å². The van der Waals surface area contributed by atoms with Crippen LogP contribution in [0, 0.1) is 0 Å². The van der Waals surface area contributed by atoms with Crippen LogP contribution in [0.5, 0.6) is 17.4 Å². The minimum absolute atomic E-state index is 0.112. The maximum Gasteiger partial charge on any atom is 0.251 e. The number of halogens is 1. The van der Waals surface area contributed by atoms with Crippen LogP contribution in [0.4, 0.5) is 0 Å². The Balaban J connectivity index is 1.39. The van der Waals surface area contributed by atoms with E-state index in [0.29, 0.717) is 34.5 Å². The van der Waals surface area contributed by atoms with Gasteiger partial charge in [-0.3, -0.25) is 4.79 Å². The summed E-state index contributed by atoms with van der Waals surface area (Å²) < 4.78 is 16.5. The maximum absolute atomic E-state index is 12.4. The van der Waals surface area contributed by atoms with Crippen molar-refractivity contribution in [3.8, 4) is 17.4 Å². The number of hydrogen-bond donors (Lipinski definition) is 1. The van der Waals surface area contributed by atoms with Gasteiger partial charge in [0.2, 0.25) is 12.7 Å². The number of rotatable bonds is 5. The predicted molar refractivity (Wildman–Crippen MR) is 95.9 cm³/mol. The molecule has 4 rings (SSSR count). The van der Waals surface area contributed by atoms with E-state index in [1.807, 2.05) is 12.1 Å². The van der Waals surface area contributed by atoms with Gasteiger partial charge in [0.15, 0.2) is 11.5 Å². The van der Waals surface area contributed by atoms with Crippen molar-refractivity contribution in [1.29, 1.82) is 0 Å². The lowest BCUT2D eigenvalue weighted by atomic mass is 10.1. The molecule has 2 aliphatic rings. The molecule has 1 fully saturated rings. The van der Waals surface area contributed by atoms with E-state index in [4.69, 9.17) is 25.8 Å². The highest BCUT2D eigenvalue weighted by Crippen LogP contribution is 2.39. The molecule has 1 amide bonds. The van der Waals surface area contributed by atoms with Gasteiger partial charge in [0.1, 0.15) is 6.10 Å². The zero-order chi connectivity index (χ0) is 17.9. The van der Waals surface area contributed by atoms with Crippen LogP contribution in [0.2, 0.25) is 5.02 Å². The van der Waals surface area contributed by atoms with E-state index < -0.39 is 0 Å². The highest BCUT2D eigenvalue weighted by atomic mass is 35.5. The number of carbonyl (C=O) groups is 1. The number of aromatic nitrogens is 1. The van der Waals surface area contributed by atoms with E-state index in [9.17, 15) is 4.79 Å². The van der Waals surface area contributed by atoms with Crippen LogP contribution in [-0.4, -0.2) is 23.8 Å². The van der Waals surface area contributed by atoms with E-state index in [1.165, 1.54) is 12.8 Å². The summed E-state index contributed by atoms with van der Waals surface area (Å²) in [6.07, 6.45) is 6.52. The van der Waals surface area contributed by atoms with Crippen LogP contribution in [0.25, 0.3) is 0 Å². The lowest BCUT2D eigenvalue weighted by molar-refractivity contribution is 0.0950. The summed E-state index contributed by atoms with van der Waals surface area (Å²) >= 11 is 6.13. The smallest absolute Gasteiger partial charge is 0.251 e. The molecule has 1 N–H and O–H groups in total. The summed E-state index contributed by atoms with van der Waals surface area (Å²) in [5.41, 5.74) is 1.35. The Morgan fingerprint density at radius 1 is 1.27 bits per heavy atom. The molecule has 0 bridgehead atoms. The minimum Gasteiger partial charge on any atom is -0.474 e. The van der Waals surface area contributed by atoms with Gasteiger partial charge in [-0.15, -0.1) is 0 Å². The summed E-state index contributed by atoms with van der Waals surface area (Å²) in [6.45, 7) is 0.482. The molecule has 1 aliphatic carbocycles. The Kier molecular flexibility index (Phi) is 4.84. The van der Waals surface area contributed by atoms with Crippen molar-refractivity contribution in [2.24, 2.45) is 0 Å². The number of fused-ring (bicyclic) bond motifs is 1. The van der Waals surface area contributed by atoms with E-state index in [-0.39, 0.29) is 18.8 Å². The normalized spacial score (nSPS) is 15.9. The van der Waals surface area contributed by atoms with Crippen LogP contribution < -0.4 is 19.5 Å². The highest BCUT2D eigenvalue weighted by Gasteiger charge is 2.21. The molecule has 0 radical (unpaired) electrons. The second kappa shape index (κ2) is 7.41. The number of pyridine rings is 1. The van der Waals surface area contributed by atoms with Gasteiger partial charge in [-0.2, -0.15) is 0 Å². The fraction of sp³-hybridized carbons (Fsp3) is 0.368. The van der Waals surface area contributed by atoms with Gasteiger partial charge in [0.05, 0.1) is 5.02 Å². The van der Waals surface area contributed by atoms with E-state index >= 15 is 0 Å². The quantitative estimate of drug-likeness (QED) is 0.863. The number of amides is 1. The first-order valence-corrected chi connectivity index (χ1v) is 9.06. The van der Waals surface area contributed by atoms with Crippen molar-refractivity contribution in [3.05, 3.63) is 46.6 Å². The topological polar surface area (TPSA) is 69.7 Å². The molecule has 1 aromatic carbocycles. The van der Waals surface area contributed by atoms with Crippen LogP contribution in [0.3, 0.4) is 0 Å². The SMILES string of the molecule is O=C(NCc1ccnc(OC2CCCC2)c1)c1cc(Cl)c2c(c1)OCO2. The molecule has 0 spiro atoms. The van der Waals surface area contributed by atoms with Gasteiger partial charge in [0, 0.05) is 24.4 Å². The molecule has 136 valence electrons. The van der Waals surface area contributed by atoms with Crippen molar-refractivity contribution >= 4 is 17.5 Å². The molecule has 6 nitrogen and oxygen atoms in total. The Hall–Kier alpha value is -2.47. The monoisotopic (exact) mass is 374 g/mol. The second-order valence-electron chi connectivity index (χ2n) is 6.40. The molecule has 7 heteroatoms. The number of ether oxygens (including phenoxy) is 3. The molecule has 0 saturated heterocycles. The first-order valence-electron chi connectivity index (χ1n) is 8.68. The summed E-state index contributed by atoms with van der Waals surface area (Å²) in [5.74, 6) is 1.33. The third-order valence-corrected chi connectivity index (χ3v) is 4.81.